The Kier molecular flexibility index (Phi) is 2.96. The van der Waals surface area contributed by atoms with Crippen LogP contribution >= 0.6 is 0 Å². The van der Waals surface area contributed by atoms with Gasteiger partial charge in [0, 0.05) is 28.9 Å². The molecule has 1 aliphatic rings. The van der Waals surface area contributed by atoms with Gasteiger partial charge in [0.1, 0.15) is 5.82 Å². The highest BCUT2D eigenvalue weighted by Gasteiger charge is 2.25. The Morgan fingerprint density at radius 2 is 2.05 bits per heavy atom. The number of nitrogens with zero attached hydrogens (tertiary/aromatic N) is 1. The lowest BCUT2D eigenvalue weighted by molar-refractivity contribution is 0.629. The third kappa shape index (κ3) is 1.99. The number of nitrogens with two attached hydrogens (primary N) is 1. The highest BCUT2D eigenvalue weighted by molar-refractivity contribution is 5.99. The number of benzene rings is 2. The van der Waals surface area contributed by atoms with Crippen molar-refractivity contribution < 1.29 is 4.39 Å². The molecular weight excluding hydrogens is 277 g/mol. The number of halogens is 1. The highest BCUT2D eigenvalue weighted by Crippen LogP contribution is 2.35. The van der Waals surface area contributed by atoms with Crippen molar-refractivity contribution in [1.29, 1.82) is 0 Å². The number of nitrogens with one attached hydrogen (secondary N) is 1. The molecule has 0 amide bonds. The number of fused-ring (bicyclic) bond motifs is 2. The van der Waals surface area contributed by atoms with Gasteiger partial charge in [-0.1, -0.05) is 36.4 Å². The summed E-state index contributed by atoms with van der Waals surface area (Å²) in [5.41, 5.74) is 9.13. The summed E-state index contributed by atoms with van der Waals surface area (Å²) < 4.78 is 13.9. The van der Waals surface area contributed by atoms with Crippen LogP contribution < -0.4 is 11.1 Å². The summed E-state index contributed by atoms with van der Waals surface area (Å²) in [5, 5.41) is 4.52. The molecule has 0 radical (unpaired) electrons. The molecule has 2 aromatic carbocycles. The van der Waals surface area contributed by atoms with Crippen molar-refractivity contribution in [2.75, 3.05) is 17.6 Å². The average molecular weight is 293 g/mol. The normalized spacial score (nSPS) is 16.1. The van der Waals surface area contributed by atoms with E-state index in [9.17, 15) is 4.39 Å². The van der Waals surface area contributed by atoms with E-state index in [1.165, 1.54) is 17.3 Å². The van der Waals surface area contributed by atoms with E-state index >= 15 is 0 Å². The zero-order valence-corrected chi connectivity index (χ0v) is 12.0. The lowest BCUT2D eigenvalue weighted by Gasteiger charge is -2.30. The summed E-state index contributed by atoms with van der Waals surface area (Å²) in [6.07, 6.45) is 2.31. The maximum absolute atomic E-state index is 13.9. The molecular formula is C18H16FN3. The van der Waals surface area contributed by atoms with Gasteiger partial charge in [-0.25, -0.2) is 9.37 Å². The number of nitrogen functional groups attached to an aromatic ring is 1. The monoisotopic (exact) mass is 293 g/mol. The minimum Gasteiger partial charge on any atom is -0.398 e. The number of anilines is 2. The van der Waals surface area contributed by atoms with Crippen molar-refractivity contribution in [2.24, 2.45) is 0 Å². The minimum absolute atomic E-state index is 0.382. The van der Waals surface area contributed by atoms with Gasteiger partial charge in [-0.05, 0) is 23.6 Å². The summed E-state index contributed by atoms with van der Waals surface area (Å²) >= 11 is 0. The smallest absolute Gasteiger partial charge is 0.151 e. The van der Waals surface area contributed by atoms with Gasteiger partial charge in [-0.15, -0.1) is 0 Å². The number of hydrogen-bond acceptors (Lipinski definition) is 3. The minimum atomic E-state index is -0.382. The Hall–Kier alpha value is -2.62. The lowest BCUT2D eigenvalue weighted by atomic mass is 9.77. The van der Waals surface area contributed by atoms with Gasteiger partial charge >= 0.3 is 0 Å². The summed E-state index contributed by atoms with van der Waals surface area (Å²) in [5.74, 6) is 0.792. The fourth-order valence-corrected chi connectivity index (χ4v) is 3.19. The first kappa shape index (κ1) is 13.1. The zero-order chi connectivity index (χ0) is 15.1. The second kappa shape index (κ2) is 4.98. The van der Waals surface area contributed by atoms with Crippen LogP contribution in [0.25, 0.3) is 10.8 Å². The van der Waals surface area contributed by atoms with Crippen molar-refractivity contribution in [3.05, 3.63) is 65.6 Å². The molecule has 0 bridgehead atoms. The molecule has 1 heterocycles. The molecule has 0 saturated carbocycles. The van der Waals surface area contributed by atoms with Crippen LogP contribution in [0.5, 0.6) is 0 Å². The van der Waals surface area contributed by atoms with Gasteiger partial charge in [0.2, 0.25) is 0 Å². The maximum atomic E-state index is 13.9. The summed E-state index contributed by atoms with van der Waals surface area (Å²) in [6, 6.07) is 13.8. The Balaban J connectivity index is 1.61. The van der Waals surface area contributed by atoms with Gasteiger partial charge in [0.05, 0.1) is 6.20 Å². The molecule has 1 unspecified atom stereocenters. The predicted octanol–water partition coefficient (Wildman–Crippen LogP) is 3.71. The third-order valence-corrected chi connectivity index (χ3v) is 4.37. The molecule has 4 rings (SSSR count). The van der Waals surface area contributed by atoms with Crippen molar-refractivity contribution in [3.63, 3.8) is 0 Å². The molecule has 0 spiro atoms. The average Bonchev–Trinajstić information content (AvgIpc) is 2.50. The Morgan fingerprint density at radius 1 is 1.18 bits per heavy atom. The first-order chi connectivity index (χ1) is 10.7. The van der Waals surface area contributed by atoms with E-state index < -0.39 is 0 Å². The van der Waals surface area contributed by atoms with Gasteiger partial charge < -0.3 is 11.1 Å². The summed E-state index contributed by atoms with van der Waals surface area (Å²) in [6.45, 7) is 0.791. The third-order valence-electron chi connectivity index (χ3n) is 4.37. The first-order valence-corrected chi connectivity index (χ1v) is 7.38. The van der Waals surface area contributed by atoms with Gasteiger partial charge in [-0.3, -0.25) is 0 Å². The van der Waals surface area contributed by atoms with Crippen LogP contribution in [0, 0.1) is 5.82 Å². The van der Waals surface area contributed by atoms with Gasteiger partial charge in [0.25, 0.3) is 0 Å². The van der Waals surface area contributed by atoms with E-state index in [2.05, 4.69) is 34.6 Å². The van der Waals surface area contributed by atoms with E-state index in [0.29, 0.717) is 22.8 Å². The van der Waals surface area contributed by atoms with Gasteiger partial charge in [0.15, 0.2) is 5.82 Å². The molecule has 110 valence electrons. The SMILES string of the molecule is Nc1cccc2c(NCC3Cc4ccccc43)ncc(F)c12. The zero-order valence-electron chi connectivity index (χ0n) is 12.0. The van der Waals surface area contributed by atoms with E-state index in [4.69, 9.17) is 5.73 Å². The van der Waals surface area contributed by atoms with E-state index in [1.807, 2.05) is 12.1 Å². The van der Waals surface area contributed by atoms with Crippen molar-refractivity contribution in [2.45, 2.75) is 12.3 Å². The van der Waals surface area contributed by atoms with E-state index in [0.717, 1.165) is 18.4 Å². The molecule has 3 N–H and O–H groups in total. The first-order valence-electron chi connectivity index (χ1n) is 7.38. The van der Waals surface area contributed by atoms with E-state index in [-0.39, 0.29) is 5.82 Å². The summed E-state index contributed by atoms with van der Waals surface area (Å²) in [4.78, 5) is 4.19. The second-order valence-electron chi connectivity index (χ2n) is 5.71. The Morgan fingerprint density at radius 3 is 2.91 bits per heavy atom. The molecule has 1 aliphatic carbocycles. The molecule has 0 saturated heterocycles. The molecule has 3 aromatic rings. The molecule has 1 aromatic heterocycles. The van der Waals surface area contributed by atoms with Crippen molar-refractivity contribution in [1.82, 2.24) is 4.98 Å². The van der Waals surface area contributed by atoms with Gasteiger partial charge in [-0.2, -0.15) is 0 Å². The Labute approximate surface area is 128 Å². The molecule has 0 aliphatic heterocycles. The quantitative estimate of drug-likeness (QED) is 0.724. The van der Waals surface area contributed by atoms with Crippen molar-refractivity contribution in [3.8, 4) is 0 Å². The standard InChI is InChI=1S/C18H16FN3/c19-15-10-22-18(14-6-3-7-16(20)17(14)15)21-9-12-8-11-4-1-2-5-13(11)12/h1-7,10,12H,8-9,20H2,(H,21,22). The topological polar surface area (TPSA) is 50.9 Å². The maximum Gasteiger partial charge on any atom is 0.151 e. The number of rotatable bonds is 3. The Bertz CT molecular complexity index is 852. The fraction of sp³-hybridized carbons (Fsp3) is 0.167. The molecule has 1 atom stereocenters. The number of aromatic nitrogens is 1. The molecule has 0 fully saturated rings. The fourth-order valence-electron chi connectivity index (χ4n) is 3.19. The number of hydrogen-bond donors (Lipinski definition) is 2. The molecule has 3 nitrogen and oxygen atoms in total. The van der Waals surface area contributed by atoms with Crippen LogP contribution in [0.3, 0.4) is 0 Å². The second-order valence-corrected chi connectivity index (χ2v) is 5.71. The molecule has 4 heteroatoms. The molecule has 22 heavy (non-hydrogen) atoms. The van der Waals surface area contributed by atoms with Crippen molar-refractivity contribution >= 4 is 22.3 Å². The lowest BCUT2D eigenvalue weighted by Crippen LogP contribution is -2.24. The predicted molar refractivity (Wildman–Crippen MR) is 87.5 cm³/mol. The van der Waals surface area contributed by atoms with Crippen LogP contribution in [0.1, 0.15) is 17.0 Å². The summed E-state index contributed by atoms with van der Waals surface area (Å²) in [7, 11) is 0. The highest BCUT2D eigenvalue weighted by atomic mass is 19.1. The van der Waals surface area contributed by atoms with Crippen LogP contribution in [-0.2, 0) is 6.42 Å². The van der Waals surface area contributed by atoms with Crippen LogP contribution in [0.4, 0.5) is 15.9 Å². The van der Waals surface area contributed by atoms with Crippen LogP contribution in [0.2, 0.25) is 0 Å². The largest absolute Gasteiger partial charge is 0.398 e. The van der Waals surface area contributed by atoms with Crippen LogP contribution in [0.15, 0.2) is 48.7 Å². The van der Waals surface area contributed by atoms with Crippen LogP contribution in [-0.4, -0.2) is 11.5 Å². The number of pyridine rings is 1. The van der Waals surface area contributed by atoms with E-state index in [1.54, 1.807) is 6.07 Å².